The molecule has 2 nitrogen and oxygen atoms in total. The van der Waals surface area contributed by atoms with E-state index in [9.17, 15) is 4.39 Å². The first kappa shape index (κ1) is 15.0. The molecule has 0 heterocycles. The van der Waals surface area contributed by atoms with Crippen LogP contribution in [0.2, 0.25) is 0 Å². The van der Waals surface area contributed by atoms with E-state index in [1.807, 2.05) is 26.0 Å². The lowest BCUT2D eigenvalue weighted by atomic mass is 10.0. The fourth-order valence-electron chi connectivity index (χ4n) is 1.99. The predicted octanol–water partition coefficient (Wildman–Crippen LogP) is 4.58. The van der Waals surface area contributed by atoms with Crippen molar-refractivity contribution in [2.45, 2.75) is 26.3 Å². The fourth-order valence-corrected chi connectivity index (χ4v) is 2.42. The largest absolute Gasteiger partial charge is 0.456 e. The van der Waals surface area contributed by atoms with E-state index in [1.165, 1.54) is 12.1 Å². The van der Waals surface area contributed by atoms with Crippen LogP contribution in [0, 0.1) is 12.7 Å². The second-order valence-electron chi connectivity index (χ2n) is 4.97. The van der Waals surface area contributed by atoms with Crippen molar-refractivity contribution in [1.29, 1.82) is 0 Å². The highest BCUT2D eigenvalue weighted by Gasteiger charge is 2.10. The van der Waals surface area contributed by atoms with Crippen molar-refractivity contribution in [3.8, 4) is 11.5 Å². The highest BCUT2D eigenvalue weighted by Crippen LogP contribution is 2.32. The third kappa shape index (κ3) is 3.81. The van der Waals surface area contributed by atoms with Crippen molar-refractivity contribution in [1.82, 2.24) is 0 Å². The summed E-state index contributed by atoms with van der Waals surface area (Å²) in [6.07, 6.45) is 0.732. The number of hydrogen-bond acceptors (Lipinski definition) is 2. The van der Waals surface area contributed by atoms with E-state index in [0.29, 0.717) is 10.2 Å². The van der Waals surface area contributed by atoms with E-state index in [-0.39, 0.29) is 11.9 Å². The van der Waals surface area contributed by atoms with Gasteiger partial charge in [0.15, 0.2) is 0 Å². The van der Waals surface area contributed by atoms with Gasteiger partial charge in [0.1, 0.15) is 17.3 Å². The summed E-state index contributed by atoms with van der Waals surface area (Å²) in [4.78, 5) is 0. The van der Waals surface area contributed by atoms with Crippen LogP contribution in [0.1, 0.15) is 18.1 Å². The summed E-state index contributed by atoms with van der Waals surface area (Å²) in [7, 11) is 0. The smallest absolute Gasteiger partial charge is 0.141 e. The maximum absolute atomic E-state index is 13.1. The standard InChI is InChI=1S/C16H17BrFNO/c1-10-3-5-15(12(7-10)8-11(2)19)20-16-6-4-13(18)9-14(16)17/h3-7,9,11H,8,19H2,1-2H3. The summed E-state index contributed by atoms with van der Waals surface area (Å²) >= 11 is 3.30. The second kappa shape index (κ2) is 6.37. The van der Waals surface area contributed by atoms with Crippen molar-refractivity contribution in [2.24, 2.45) is 5.73 Å². The van der Waals surface area contributed by atoms with Gasteiger partial charge in [0, 0.05) is 6.04 Å². The summed E-state index contributed by atoms with van der Waals surface area (Å²) in [5.74, 6) is 1.03. The van der Waals surface area contributed by atoms with Crippen LogP contribution >= 0.6 is 15.9 Å². The number of halogens is 2. The zero-order chi connectivity index (χ0) is 14.7. The molecule has 0 aliphatic heterocycles. The molecule has 2 rings (SSSR count). The van der Waals surface area contributed by atoms with E-state index >= 15 is 0 Å². The second-order valence-corrected chi connectivity index (χ2v) is 5.82. The van der Waals surface area contributed by atoms with Crippen molar-refractivity contribution in [2.75, 3.05) is 0 Å². The van der Waals surface area contributed by atoms with Crippen LogP contribution < -0.4 is 10.5 Å². The number of nitrogens with two attached hydrogens (primary N) is 1. The van der Waals surface area contributed by atoms with Crippen LogP contribution in [0.15, 0.2) is 40.9 Å². The molecule has 0 aliphatic carbocycles. The first-order valence-corrected chi connectivity index (χ1v) is 7.23. The molecule has 1 unspecified atom stereocenters. The molecular formula is C16H17BrFNO. The van der Waals surface area contributed by atoms with Crippen LogP contribution in [0.4, 0.5) is 4.39 Å². The molecule has 0 bridgehead atoms. The van der Waals surface area contributed by atoms with E-state index < -0.39 is 0 Å². The van der Waals surface area contributed by atoms with Crippen molar-refractivity contribution >= 4 is 15.9 Å². The minimum Gasteiger partial charge on any atom is -0.456 e. The van der Waals surface area contributed by atoms with Crippen molar-refractivity contribution in [3.63, 3.8) is 0 Å². The van der Waals surface area contributed by atoms with Crippen LogP contribution in [0.25, 0.3) is 0 Å². The molecule has 0 amide bonds. The van der Waals surface area contributed by atoms with Gasteiger partial charge in [0.05, 0.1) is 4.47 Å². The van der Waals surface area contributed by atoms with Gasteiger partial charge in [-0.05, 0) is 66.0 Å². The minimum absolute atomic E-state index is 0.0517. The van der Waals surface area contributed by atoms with E-state index in [1.54, 1.807) is 6.07 Å². The van der Waals surface area contributed by atoms with Gasteiger partial charge in [-0.3, -0.25) is 0 Å². The maximum Gasteiger partial charge on any atom is 0.141 e. The van der Waals surface area contributed by atoms with Gasteiger partial charge >= 0.3 is 0 Å². The van der Waals surface area contributed by atoms with Gasteiger partial charge in [0.2, 0.25) is 0 Å². The summed E-state index contributed by atoms with van der Waals surface area (Å²) in [5.41, 5.74) is 8.08. The quantitative estimate of drug-likeness (QED) is 0.886. The van der Waals surface area contributed by atoms with Gasteiger partial charge in [-0.25, -0.2) is 4.39 Å². The van der Waals surface area contributed by atoms with E-state index in [2.05, 4.69) is 22.0 Å². The number of aryl methyl sites for hydroxylation is 1. The minimum atomic E-state index is -0.302. The Hall–Kier alpha value is -1.39. The SMILES string of the molecule is Cc1ccc(Oc2ccc(F)cc2Br)c(CC(C)N)c1. The molecule has 0 spiro atoms. The Bertz CT molecular complexity index is 613. The topological polar surface area (TPSA) is 35.2 Å². The lowest BCUT2D eigenvalue weighted by Crippen LogP contribution is -2.18. The van der Waals surface area contributed by atoms with Gasteiger partial charge in [-0.15, -0.1) is 0 Å². The molecule has 0 radical (unpaired) electrons. The lowest BCUT2D eigenvalue weighted by Gasteiger charge is -2.14. The molecule has 2 N–H and O–H groups in total. The average molecular weight is 338 g/mol. The first-order chi connectivity index (χ1) is 9.45. The predicted molar refractivity (Wildman–Crippen MR) is 82.7 cm³/mol. The molecule has 0 saturated heterocycles. The van der Waals surface area contributed by atoms with E-state index in [0.717, 1.165) is 23.3 Å². The molecule has 20 heavy (non-hydrogen) atoms. The molecule has 2 aromatic rings. The van der Waals surface area contributed by atoms with Gasteiger partial charge in [-0.2, -0.15) is 0 Å². The van der Waals surface area contributed by atoms with Gasteiger partial charge in [-0.1, -0.05) is 17.7 Å². The molecule has 0 saturated carbocycles. The third-order valence-electron chi connectivity index (χ3n) is 2.87. The Labute approximate surface area is 126 Å². The fraction of sp³-hybridized carbons (Fsp3) is 0.250. The molecule has 2 aromatic carbocycles. The Kier molecular flexibility index (Phi) is 4.78. The highest BCUT2D eigenvalue weighted by molar-refractivity contribution is 9.10. The molecule has 0 aromatic heterocycles. The molecule has 4 heteroatoms. The van der Waals surface area contributed by atoms with Crippen molar-refractivity contribution in [3.05, 3.63) is 57.8 Å². The Balaban J connectivity index is 2.32. The molecule has 0 fully saturated rings. The summed E-state index contributed by atoms with van der Waals surface area (Å²) in [5, 5.41) is 0. The third-order valence-corrected chi connectivity index (χ3v) is 3.49. The average Bonchev–Trinajstić information content (AvgIpc) is 2.34. The normalized spacial score (nSPS) is 12.2. The van der Waals surface area contributed by atoms with Gasteiger partial charge < -0.3 is 10.5 Å². The lowest BCUT2D eigenvalue weighted by molar-refractivity contribution is 0.468. The highest BCUT2D eigenvalue weighted by atomic mass is 79.9. The molecular weight excluding hydrogens is 321 g/mol. The number of rotatable bonds is 4. The zero-order valence-electron chi connectivity index (χ0n) is 11.5. The summed E-state index contributed by atoms with van der Waals surface area (Å²) < 4.78 is 19.6. The van der Waals surface area contributed by atoms with Crippen molar-refractivity contribution < 1.29 is 9.13 Å². The number of hydrogen-bond donors (Lipinski definition) is 1. The molecule has 0 aliphatic rings. The Morgan fingerprint density at radius 2 is 1.90 bits per heavy atom. The summed E-state index contributed by atoms with van der Waals surface area (Å²) in [6, 6.07) is 10.4. The number of ether oxygens (including phenoxy) is 1. The van der Waals surface area contributed by atoms with Crippen LogP contribution in [0.5, 0.6) is 11.5 Å². The Morgan fingerprint density at radius 3 is 2.55 bits per heavy atom. The van der Waals surface area contributed by atoms with Crippen LogP contribution in [-0.2, 0) is 6.42 Å². The monoisotopic (exact) mass is 337 g/mol. The van der Waals surface area contributed by atoms with Crippen LogP contribution in [0.3, 0.4) is 0 Å². The molecule has 1 atom stereocenters. The maximum atomic E-state index is 13.1. The zero-order valence-corrected chi connectivity index (χ0v) is 13.1. The van der Waals surface area contributed by atoms with E-state index in [4.69, 9.17) is 10.5 Å². The van der Waals surface area contributed by atoms with Gasteiger partial charge in [0.25, 0.3) is 0 Å². The molecule has 106 valence electrons. The first-order valence-electron chi connectivity index (χ1n) is 6.43. The Morgan fingerprint density at radius 1 is 1.20 bits per heavy atom. The summed E-state index contributed by atoms with van der Waals surface area (Å²) in [6.45, 7) is 3.99. The van der Waals surface area contributed by atoms with Crippen LogP contribution in [-0.4, -0.2) is 6.04 Å². The number of benzene rings is 2.